The zero-order valence-corrected chi connectivity index (χ0v) is 8.87. The van der Waals surface area contributed by atoms with Gasteiger partial charge in [-0.15, -0.1) is 0 Å². The van der Waals surface area contributed by atoms with Gasteiger partial charge in [-0.25, -0.2) is 4.36 Å². The predicted octanol–water partition coefficient (Wildman–Crippen LogP) is 2.67. The molecule has 0 unspecified atom stereocenters. The molecule has 0 aliphatic rings. The Balaban J connectivity index is 2.70. The van der Waals surface area contributed by atoms with Crippen molar-refractivity contribution in [2.24, 2.45) is 4.36 Å². The number of hydrogen-bond acceptors (Lipinski definition) is 1. The molecule has 0 aliphatic heterocycles. The zero-order chi connectivity index (χ0) is 10.2. The Morgan fingerprint density at radius 1 is 1.43 bits per heavy atom. The molecule has 74 valence electrons. The summed E-state index contributed by atoms with van der Waals surface area (Å²) in [5.74, 6) is 0. The van der Waals surface area contributed by atoms with E-state index in [1.165, 1.54) is 0 Å². The molecular weight excluding hydrogens is 194 g/mol. The van der Waals surface area contributed by atoms with Crippen molar-refractivity contribution in [3.8, 4) is 0 Å². The summed E-state index contributed by atoms with van der Waals surface area (Å²) >= 11 is 1.11. The quantitative estimate of drug-likeness (QED) is 0.600. The number of benzene rings is 1. The molecule has 1 N–H and O–H groups in total. The second-order valence-corrected chi connectivity index (χ2v) is 3.48. The van der Waals surface area contributed by atoms with Crippen LogP contribution >= 0.6 is 0 Å². The van der Waals surface area contributed by atoms with E-state index in [1.807, 2.05) is 43.3 Å². The third kappa shape index (κ3) is 4.16. The third-order valence-corrected chi connectivity index (χ3v) is 2.22. The van der Waals surface area contributed by atoms with Gasteiger partial charge in [0, 0.05) is 6.54 Å². The lowest BCUT2D eigenvalue weighted by atomic mass is 10.2. The summed E-state index contributed by atoms with van der Waals surface area (Å²) in [5.41, 5.74) is 1.07. The molecule has 0 spiro atoms. The van der Waals surface area contributed by atoms with Crippen LogP contribution in [0.4, 0.5) is 0 Å². The fraction of sp³-hybridized carbons (Fsp3) is 0.182. The molecule has 0 aliphatic carbocycles. The molecule has 1 rings (SSSR count). The molecule has 2 nitrogen and oxygen atoms in total. The first-order valence-electron chi connectivity index (χ1n) is 4.46. The lowest BCUT2D eigenvalue weighted by molar-refractivity contribution is 0.574. The largest absolute Gasteiger partial charge is 0.351 e. The van der Waals surface area contributed by atoms with Crippen LogP contribution in [-0.4, -0.2) is 16.7 Å². The molecule has 1 aromatic carbocycles. The highest BCUT2D eigenvalue weighted by Gasteiger charge is 1.84. The molecule has 0 radical (unpaired) electrons. The van der Waals surface area contributed by atoms with Gasteiger partial charge in [-0.3, -0.25) is 0 Å². The summed E-state index contributed by atoms with van der Waals surface area (Å²) in [7, 11) is 0. The van der Waals surface area contributed by atoms with Gasteiger partial charge in [-0.05, 0) is 29.7 Å². The Kier molecular flexibility index (Phi) is 4.89. The topological polar surface area (TPSA) is 32.6 Å². The number of aliphatic hydroxyl groups is 1. The van der Waals surface area contributed by atoms with E-state index in [0.717, 1.165) is 16.7 Å². The van der Waals surface area contributed by atoms with E-state index in [1.54, 1.807) is 6.08 Å². The molecule has 0 heterocycles. The maximum absolute atomic E-state index is 9.34. The Labute approximate surface area is 87.6 Å². The van der Waals surface area contributed by atoms with Gasteiger partial charge in [0.25, 0.3) is 0 Å². The van der Waals surface area contributed by atoms with Crippen LogP contribution in [0.15, 0.2) is 40.8 Å². The molecule has 0 saturated heterocycles. The minimum Gasteiger partial charge on any atom is -0.351 e. The third-order valence-electron chi connectivity index (χ3n) is 1.51. The fourth-order valence-corrected chi connectivity index (χ4v) is 1.28. The second kappa shape index (κ2) is 6.29. The van der Waals surface area contributed by atoms with Gasteiger partial charge < -0.3 is 5.11 Å². The summed E-state index contributed by atoms with van der Waals surface area (Å²) in [6.45, 7) is 2.63. The minimum absolute atomic E-state index is 0.218. The van der Waals surface area contributed by atoms with E-state index >= 15 is 0 Å². The summed E-state index contributed by atoms with van der Waals surface area (Å²) in [5, 5.41) is 9.56. The first-order valence-corrected chi connectivity index (χ1v) is 5.23. The Bertz CT molecular complexity index is 364. The summed E-state index contributed by atoms with van der Waals surface area (Å²) in [4.78, 5) is 0. The molecular formula is C11H13NOS. The van der Waals surface area contributed by atoms with Crippen molar-refractivity contribution in [1.82, 2.24) is 0 Å². The molecule has 0 bridgehead atoms. The lowest BCUT2D eigenvalue weighted by Crippen LogP contribution is -1.87. The van der Waals surface area contributed by atoms with Crippen molar-refractivity contribution < 1.29 is 5.11 Å². The van der Waals surface area contributed by atoms with E-state index in [2.05, 4.69) is 4.36 Å². The highest BCUT2D eigenvalue weighted by atomic mass is 32.1. The van der Waals surface area contributed by atoms with Gasteiger partial charge in [-0.2, -0.15) is 0 Å². The van der Waals surface area contributed by atoms with E-state index in [4.69, 9.17) is 0 Å². The molecule has 0 amide bonds. The fourth-order valence-electron chi connectivity index (χ4n) is 0.893. The second-order valence-electron chi connectivity index (χ2n) is 2.62. The molecule has 0 fully saturated rings. The van der Waals surface area contributed by atoms with Gasteiger partial charge in [0.2, 0.25) is 0 Å². The summed E-state index contributed by atoms with van der Waals surface area (Å²) < 4.78 is 3.96. The summed E-state index contributed by atoms with van der Waals surface area (Å²) in [6, 6.07) is 9.83. The van der Waals surface area contributed by atoms with Gasteiger partial charge in [-0.1, -0.05) is 36.4 Å². The maximum Gasteiger partial charge on any atom is 0.144 e. The van der Waals surface area contributed by atoms with Crippen LogP contribution in [0, 0.1) is 0 Å². The molecule has 0 atom stereocenters. The number of rotatable bonds is 3. The van der Waals surface area contributed by atoms with Crippen LogP contribution in [0.3, 0.4) is 0 Å². The van der Waals surface area contributed by atoms with Crippen LogP contribution in [0.2, 0.25) is 0 Å². The normalized spacial score (nSPS) is 10.1. The molecule has 3 heteroatoms. The van der Waals surface area contributed by atoms with Gasteiger partial charge in [0.15, 0.2) is 0 Å². The van der Waals surface area contributed by atoms with Crippen molar-refractivity contribution in [2.75, 3.05) is 6.54 Å². The average Bonchev–Trinajstić information content (AvgIpc) is 2.25. The Morgan fingerprint density at radius 2 is 2.14 bits per heavy atom. The standard InChI is InChI=1S/C11H13NOS/c1-2-12-14-11(13)9-8-10-6-4-3-5-7-10/h3-9,13H,2H2,1H3. The first kappa shape index (κ1) is 10.9. The van der Waals surface area contributed by atoms with Gasteiger partial charge >= 0.3 is 0 Å². The van der Waals surface area contributed by atoms with Crippen LogP contribution in [0.25, 0.3) is 6.08 Å². The average molecular weight is 207 g/mol. The highest BCUT2D eigenvalue weighted by molar-refractivity contribution is 7.68. The maximum atomic E-state index is 9.34. The Hall–Kier alpha value is -1.19. The number of hydrogen-bond donors (Lipinski definition) is 1. The lowest BCUT2D eigenvalue weighted by Gasteiger charge is -1.89. The highest BCUT2D eigenvalue weighted by Crippen LogP contribution is 2.00. The van der Waals surface area contributed by atoms with Crippen LogP contribution in [0.1, 0.15) is 12.5 Å². The van der Waals surface area contributed by atoms with Crippen LogP contribution in [0.5, 0.6) is 0 Å². The van der Waals surface area contributed by atoms with E-state index < -0.39 is 0 Å². The molecule has 0 aromatic heterocycles. The number of nitrogens with zero attached hydrogens (tertiary/aromatic N) is 1. The van der Waals surface area contributed by atoms with Crippen molar-refractivity contribution in [2.45, 2.75) is 6.92 Å². The minimum atomic E-state index is 0.218. The molecule has 14 heavy (non-hydrogen) atoms. The molecule has 1 aromatic rings. The van der Waals surface area contributed by atoms with Crippen LogP contribution < -0.4 is 0 Å². The number of aliphatic hydroxyl groups excluding tert-OH is 1. The smallest absolute Gasteiger partial charge is 0.144 e. The van der Waals surface area contributed by atoms with E-state index in [9.17, 15) is 5.11 Å². The molecule has 0 saturated carbocycles. The van der Waals surface area contributed by atoms with Crippen molar-refractivity contribution >= 4 is 22.3 Å². The van der Waals surface area contributed by atoms with E-state index in [0.29, 0.717) is 6.54 Å². The van der Waals surface area contributed by atoms with Gasteiger partial charge in [0.05, 0.1) is 0 Å². The van der Waals surface area contributed by atoms with E-state index in [-0.39, 0.29) is 5.05 Å². The zero-order valence-electron chi connectivity index (χ0n) is 8.05. The van der Waals surface area contributed by atoms with Gasteiger partial charge in [0.1, 0.15) is 5.05 Å². The van der Waals surface area contributed by atoms with Crippen LogP contribution in [-0.2, 0) is 11.1 Å². The SMILES string of the molecule is CCN=S=C(O)C=Cc1ccccc1. The van der Waals surface area contributed by atoms with Crippen molar-refractivity contribution in [1.29, 1.82) is 0 Å². The Morgan fingerprint density at radius 3 is 2.79 bits per heavy atom. The van der Waals surface area contributed by atoms with Crippen molar-refractivity contribution in [3.63, 3.8) is 0 Å². The first-order chi connectivity index (χ1) is 6.83. The van der Waals surface area contributed by atoms with Crippen molar-refractivity contribution in [3.05, 3.63) is 42.0 Å². The predicted molar refractivity (Wildman–Crippen MR) is 63.4 cm³/mol. The monoisotopic (exact) mass is 207 g/mol. The summed E-state index contributed by atoms with van der Waals surface area (Å²) in [6.07, 6.45) is 3.51.